The number of carboxylic acid groups (broad SMARTS) is 1. The lowest BCUT2D eigenvalue weighted by atomic mass is 9.99. The molecule has 0 heterocycles. The molecule has 0 unspecified atom stereocenters. The largest absolute Gasteiger partial charge is 0.481 e. The average Bonchev–Trinajstić information content (AvgIpc) is 2.54. The molecular formula is C18H17NO4. The monoisotopic (exact) mass is 311 g/mol. The van der Waals surface area contributed by atoms with Crippen LogP contribution in [0.3, 0.4) is 0 Å². The van der Waals surface area contributed by atoms with Gasteiger partial charge in [-0.3, -0.25) is 14.4 Å². The Morgan fingerprint density at radius 2 is 1.70 bits per heavy atom. The van der Waals surface area contributed by atoms with Crippen molar-refractivity contribution in [2.75, 3.05) is 5.32 Å². The zero-order chi connectivity index (χ0) is 16.8. The lowest BCUT2D eigenvalue weighted by Crippen LogP contribution is -2.16. The van der Waals surface area contributed by atoms with Crippen LogP contribution in [-0.2, 0) is 9.59 Å². The molecule has 0 radical (unpaired) electrons. The fourth-order valence-electron chi connectivity index (χ4n) is 2.13. The molecule has 23 heavy (non-hydrogen) atoms. The second kappa shape index (κ2) is 7.35. The quantitative estimate of drug-likeness (QED) is 0.803. The van der Waals surface area contributed by atoms with Gasteiger partial charge in [0, 0.05) is 17.5 Å². The van der Waals surface area contributed by atoms with Crippen LogP contribution in [0.25, 0.3) is 0 Å². The van der Waals surface area contributed by atoms with Crippen molar-refractivity contribution >= 4 is 23.3 Å². The predicted molar refractivity (Wildman–Crippen MR) is 86.6 cm³/mol. The first kappa shape index (κ1) is 16.4. The summed E-state index contributed by atoms with van der Waals surface area (Å²) in [5, 5.41) is 11.2. The lowest BCUT2D eigenvalue weighted by molar-refractivity contribution is -0.138. The summed E-state index contributed by atoms with van der Waals surface area (Å²) in [6.07, 6.45) is -0.387. The third-order valence-electron chi connectivity index (χ3n) is 3.30. The molecule has 2 aromatic carbocycles. The molecule has 0 fully saturated rings. The maximum Gasteiger partial charge on any atom is 0.303 e. The SMILES string of the molecule is Cc1ccc(NC(=O)CCC(=O)O)c(C(=O)c2ccccc2)c1. The summed E-state index contributed by atoms with van der Waals surface area (Å²) in [7, 11) is 0. The van der Waals surface area contributed by atoms with Crippen LogP contribution in [0.5, 0.6) is 0 Å². The minimum Gasteiger partial charge on any atom is -0.481 e. The van der Waals surface area contributed by atoms with Gasteiger partial charge in [-0.2, -0.15) is 0 Å². The number of benzene rings is 2. The number of rotatable bonds is 6. The standard InChI is InChI=1S/C18H17NO4/c1-12-7-8-15(19-16(20)9-10-17(21)22)14(11-12)18(23)13-5-3-2-4-6-13/h2-8,11H,9-10H2,1H3,(H,19,20)(H,21,22). The van der Waals surface area contributed by atoms with Gasteiger partial charge in [0.15, 0.2) is 5.78 Å². The maximum absolute atomic E-state index is 12.6. The van der Waals surface area contributed by atoms with Crippen molar-refractivity contribution in [2.45, 2.75) is 19.8 Å². The van der Waals surface area contributed by atoms with Crippen molar-refractivity contribution in [3.05, 3.63) is 65.2 Å². The number of ketones is 1. The second-order valence-corrected chi connectivity index (χ2v) is 5.19. The van der Waals surface area contributed by atoms with Crippen LogP contribution in [-0.4, -0.2) is 22.8 Å². The van der Waals surface area contributed by atoms with E-state index in [0.717, 1.165) is 5.56 Å². The lowest BCUT2D eigenvalue weighted by Gasteiger charge is -2.11. The number of nitrogens with one attached hydrogen (secondary N) is 1. The van der Waals surface area contributed by atoms with E-state index in [1.165, 1.54) is 0 Å². The van der Waals surface area contributed by atoms with Crippen molar-refractivity contribution < 1.29 is 19.5 Å². The van der Waals surface area contributed by atoms with Gasteiger partial charge >= 0.3 is 5.97 Å². The summed E-state index contributed by atoms with van der Waals surface area (Å²) < 4.78 is 0. The van der Waals surface area contributed by atoms with Crippen LogP contribution < -0.4 is 5.32 Å². The van der Waals surface area contributed by atoms with E-state index in [0.29, 0.717) is 16.8 Å². The molecule has 2 rings (SSSR count). The Bertz CT molecular complexity index is 738. The third-order valence-corrected chi connectivity index (χ3v) is 3.30. The molecule has 2 aromatic rings. The van der Waals surface area contributed by atoms with Gasteiger partial charge in [-0.25, -0.2) is 0 Å². The number of hydrogen-bond acceptors (Lipinski definition) is 3. The number of aliphatic carboxylic acids is 1. The molecular weight excluding hydrogens is 294 g/mol. The number of aryl methyl sites for hydroxylation is 1. The Morgan fingerprint density at radius 1 is 1.00 bits per heavy atom. The van der Waals surface area contributed by atoms with Gasteiger partial charge in [-0.05, 0) is 19.1 Å². The van der Waals surface area contributed by atoms with Crippen molar-refractivity contribution in [1.82, 2.24) is 0 Å². The van der Waals surface area contributed by atoms with Gasteiger partial charge < -0.3 is 10.4 Å². The van der Waals surface area contributed by atoms with Gasteiger partial charge in [0.25, 0.3) is 0 Å². The molecule has 2 N–H and O–H groups in total. The maximum atomic E-state index is 12.6. The summed E-state index contributed by atoms with van der Waals surface area (Å²) in [5.74, 6) is -1.66. The van der Waals surface area contributed by atoms with Crippen LogP contribution in [0, 0.1) is 6.92 Å². The summed E-state index contributed by atoms with van der Waals surface area (Å²) in [6.45, 7) is 1.86. The van der Waals surface area contributed by atoms with Crippen molar-refractivity contribution in [3.63, 3.8) is 0 Å². The number of carbonyl (C=O) groups excluding carboxylic acids is 2. The van der Waals surface area contributed by atoms with Crippen molar-refractivity contribution in [3.8, 4) is 0 Å². The second-order valence-electron chi connectivity index (χ2n) is 5.19. The highest BCUT2D eigenvalue weighted by Crippen LogP contribution is 2.21. The zero-order valence-corrected chi connectivity index (χ0v) is 12.7. The smallest absolute Gasteiger partial charge is 0.303 e. The Balaban J connectivity index is 2.26. The van der Waals surface area contributed by atoms with Crippen LogP contribution in [0.4, 0.5) is 5.69 Å². The predicted octanol–water partition coefficient (Wildman–Crippen LogP) is 3.03. The average molecular weight is 311 g/mol. The first-order chi connectivity index (χ1) is 11.0. The molecule has 0 aliphatic rings. The Morgan fingerprint density at radius 3 is 2.35 bits per heavy atom. The molecule has 0 bridgehead atoms. The molecule has 5 nitrogen and oxygen atoms in total. The molecule has 0 aromatic heterocycles. The van der Waals surface area contributed by atoms with Crippen LogP contribution in [0.2, 0.25) is 0 Å². The van der Waals surface area contributed by atoms with E-state index in [4.69, 9.17) is 5.11 Å². The molecule has 1 amide bonds. The van der Waals surface area contributed by atoms with Crippen molar-refractivity contribution in [1.29, 1.82) is 0 Å². The summed E-state index contributed by atoms with van der Waals surface area (Å²) >= 11 is 0. The summed E-state index contributed by atoms with van der Waals surface area (Å²) in [5.41, 5.74) is 2.20. The fourth-order valence-corrected chi connectivity index (χ4v) is 2.13. The van der Waals surface area contributed by atoms with E-state index in [1.807, 2.05) is 13.0 Å². The minimum atomic E-state index is -1.04. The Hall–Kier alpha value is -2.95. The van der Waals surface area contributed by atoms with Crippen molar-refractivity contribution in [2.24, 2.45) is 0 Å². The first-order valence-corrected chi connectivity index (χ1v) is 7.19. The molecule has 118 valence electrons. The molecule has 0 saturated carbocycles. The molecule has 0 saturated heterocycles. The van der Waals surface area contributed by atoms with E-state index in [9.17, 15) is 14.4 Å². The van der Waals surface area contributed by atoms with Crippen LogP contribution >= 0.6 is 0 Å². The Kier molecular flexibility index (Phi) is 5.25. The fraction of sp³-hybridized carbons (Fsp3) is 0.167. The van der Waals surface area contributed by atoms with Gasteiger partial charge in [-0.1, -0.05) is 42.0 Å². The highest BCUT2D eigenvalue weighted by atomic mass is 16.4. The minimum absolute atomic E-state index is 0.137. The summed E-state index contributed by atoms with van der Waals surface area (Å²) in [6, 6.07) is 13.9. The van der Waals surface area contributed by atoms with Gasteiger partial charge in [-0.15, -0.1) is 0 Å². The molecule has 5 heteroatoms. The third kappa shape index (κ3) is 4.51. The number of carbonyl (C=O) groups is 3. The van der Waals surface area contributed by atoms with Crippen LogP contribution in [0.1, 0.15) is 34.3 Å². The molecule has 0 atom stereocenters. The van der Waals surface area contributed by atoms with Gasteiger partial charge in [0.05, 0.1) is 12.1 Å². The topological polar surface area (TPSA) is 83.5 Å². The highest BCUT2D eigenvalue weighted by Gasteiger charge is 2.16. The number of carboxylic acids is 1. The number of hydrogen-bond donors (Lipinski definition) is 2. The van der Waals surface area contributed by atoms with E-state index < -0.39 is 11.9 Å². The normalized spacial score (nSPS) is 10.1. The highest BCUT2D eigenvalue weighted by molar-refractivity contribution is 6.14. The Labute approximate surface area is 134 Å². The molecule has 0 spiro atoms. The summed E-state index contributed by atoms with van der Waals surface area (Å²) in [4.78, 5) is 35.0. The molecule has 0 aliphatic carbocycles. The van der Waals surface area contributed by atoms with Gasteiger partial charge in [0.2, 0.25) is 5.91 Å². The zero-order valence-electron chi connectivity index (χ0n) is 12.7. The van der Waals surface area contributed by atoms with E-state index in [-0.39, 0.29) is 18.6 Å². The van der Waals surface area contributed by atoms with E-state index >= 15 is 0 Å². The number of amides is 1. The van der Waals surface area contributed by atoms with E-state index in [2.05, 4.69) is 5.32 Å². The first-order valence-electron chi connectivity index (χ1n) is 7.19. The van der Waals surface area contributed by atoms with Crippen LogP contribution in [0.15, 0.2) is 48.5 Å². The van der Waals surface area contributed by atoms with E-state index in [1.54, 1.807) is 42.5 Å². The number of anilines is 1. The molecule has 0 aliphatic heterocycles. The van der Waals surface area contributed by atoms with Gasteiger partial charge in [0.1, 0.15) is 0 Å².